The Bertz CT molecular complexity index is 657. The van der Waals surface area contributed by atoms with Crippen molar-refractivity contribution in [3.05, 3.63) is 50.4 Å². The van der Waals surface area contributed by atoms with Gasteiger partial charge >= 0.3 is 0 Å². The largest absolute Gasteiger partial charge is 0.481 e. The summed E-state index contributed by atoms with van der Waals surface area (Å²) < 4.78 is 6.83. The lowest BCUT2D eigenvalue weighted by atomic mass is 10.3. The van der Waals surface area contributed by atoms with Crippen LogP contribution in [0.1, 0.15) is 0 Å². The number of para-hydroxylation sites is 1. The molecule has 0 heterocycles. The zero-order valence-electron chi connectivity index (χ0n) is 10.7. The summed E-state index contributed by atoms with van der Waals surface area (Å²) in [5, 5.41) is 3.15. The summed E-state index contributed by atoms with van der Waals surface area (Å²) in [6.07, 6.45) is 0. The van der Waals surface area contributed by atoms with Crippen LogP contribution in [0.3, 0.4) is 0 Å². The van der Waals surface area contributed by atoms with Gasteiger partial charge in [-0.15, -0.1) is 0 Å². The lowest BCUT2D eigenvalue weighted by molar-refractivity contribution is -0.118. The Balaban J connectivity index is 2.01. The predicted octanol–water partition coefficient (Wildman–Crippen LogP) is 4.46. The lowest BCUT2D eigenvalue weighted by Crippen LogP contribution is -2.20. The molecule has 21 heavy (non-hydrogen) atoms. The number of halogens is 3. The standard InChI is InChI=1S/C14H11Br2ClN2O2/c15-9-5-8(18)6-10(16)14(9)21-7-13(20)19-12-4-2-1-3-11(12)17/h1-6H,7,18H2,(H,19,20). The Hall–Kier alpha value is -1.24. The van der Waals surface area contributed by atoms with Gasteiger partial charge in [0.25, 0.3) is 5.91 Å². The smallest absolute Gasteiger partial charge is 0.262 e. The molecule has 110 valence electrons. The number of carbonyl (C=O) groups excluding carboxylic acids is 1. The summed E-state index contributed by atoms with van der Waals surface area (Å²) in [7, 11) is 0. The molecule has 0 radical (unpaired) electrons. The van der Waals surface area contributed by atoms with Crippen molar-refractivity contribution in [3.63, 3.8) is 0 Å². The molecule has 2 rings (SSSR count). The van der Waals surface area contributed by atoms with Crippen LogP contribution in [0.5, 0.6) is 5.75 Å². The van der Waals surface area contributed by atoms with Crippen LogP contribution in [0.15, 0.2) is 45.3 Å². The van der Waals surface area contributed by atoms with Gasteiger partial charge in [0.1, 0.15) is 5.75 Å². The Kier molecular flexibility index (Phi) is 5.50. The molecule has 0 fully saturated rings. The van der Waals surface area contributed by atoms with Crippen LogP contribution >= 0.6 is 43.5 Å². The van der Waals surface area contributed by atoms with Crippen LogP contribution in [-0.4, -0.2) is 12.5 Å². The van der Waals surface area contributed by atoms with Crippen LogP contribution in [-0.2, 0) is 4.79 Å². The van der Waals surface area contributed by atoms with Crippen molar-refractivity contribution in [2.24, 2.45) is 0 Å². The van der Waals surface area contributed by atoms with Crippen molar-refractivity contribution >= 4 is 60.7 Å². The monoisotopic (exact) mass is 432 g/mol. The van der Waals surface area contributed by atoms with Gasteiger partial charge in [-0.3, -0.25) is 4.79 Å². The molecule has 0 aromatic heterocycles. The summed E-state index contributed by atoms with van der Waals surface area (Å²) in [5.74, 6) is 0.206. The van der Waals surface area contributed by atoms with E-state index in [1.807, 2.05) is 0 Å². The van der Waals surface area contributed by atoms with Gasteiger partial charge < -0.3 is 15.8 Å². The minimum atomic E-state index is -0.307. The fourth-order valence-electron chi connectivity index (χ4n) is 1.60. The van der Waals surface area contributed by atoms with E-state index < -0.39 is 0 Å². The molecule has 7 heteroatoms. The highest BCUT2D eigenvalue weighted by atomic mass is 79.9. The third kappa shape index (κ3) is 4.36. The zero-order chi connectivity index (χ0) is 15.4. The third-order valence-corrected chi connectivity index (χ3v) is 4.02. The van der Waals surface area contributed by atoms with Crippen molar-refractivity contribution in [2.75, 3.05) is 17.7 Å². The van der Waals surface area contributed by atoms with Crippen LogP contribution in [0.4, 0.5) is 11.4 Å². The highest BCUT2D eigenvalue weighted by molar-refractivity contribution is 9.11. The van der Waals surface area contributed by atoms with E-state index in [0.29, 0.717) is 31.1 Å². The second-order valence-corrected chi connectivity index (χ2v) is 6.25. The molecular weight excluding hydrogens is 423 g/mol. The SMILES string of the molecule is Nc1cc(Br)c(OCC(=O)Nc2ccccc2Cl)c(Br)c1. The molecule has 3 N–H and O–H groups in total. The Morgan fingerprint density at radius 1 is 1.24 bits per heavy atom. The van der Waals surface area contributed by atoms with E-state index >= 15 is 0 Å². The number of ether oxygens (including phenoxy) is 1. The van der Waals surface area contributed by atoms with Crippen molar-refractivity contribution < 1.29 is 9.53 Å². The van der Waals surface area contributed by atoms with Gasteiger partial charge in [0, 0.05) is 5.69 Å². The molecule has 2 aromatic rings. The number of hydrogen-bond donors (Lipinski definition) is 2. The van der Waals surface area contributed by atoms with Gasteiger partial charge in [0.2, 0.25) is 0 Å². The summed E-state index contributed by atoms with van der Waals surface area (Å²) >= 11 is 12.6. The van der Waals surface area contributed by atoms with Crippen LogP contribution in [0, 0.1) is 0 Å². The molecule has 0 aliphatic heterocycles. The van der Waals surface area contributed by atoms with Gasteiger partial charge in [-0.1, -0.05) is 23.7 Å². The zero-order valence-corrected chi connectivity index (χ0v) is 14.6. The number of hydrogen-bond acceptors (Lipinski definition) is 3. The molecule has 0 unspecified atom stereocenters. The number of amides is 1. The summed E-state index contributed by atoms with van der Waals surface area (Å²) in [5.41, 5.74) is 6.82. The maximum Gasteiger partial charge on any atom is 0.262 e. The summed E-state index contributed by atoms with van der Waals surface area (Å²) in [6, 6.07) is 10.4. The first-order valence-corrected chi connectivity index (χ1v) is 7.85. The van der Waals surface area contributed by atoms with Crippen molar-refractivity contribution in [3.8, 4) is 5.75 Å². The molecule has 1 amide bonds. The van der Waals surface area contributed by atoms with Crippen molar-refractivity contribution in [1.29, 1.82) is 0 Å². The van der Waals surface area contributed by atoms with Gasteiger partial charge in [0.15, 0.2) is 6.61 Å². The van der Waals surface area contributed by atoms with E-state index in [0.717, 1.165) is 0 Å². The minimum Gasteiger partial charge on any atom is -0.481 e. The molecule has 0 aliphatic rings. The lowest BCUT2D eigenvalue weighted by Gasteiger charge is -2.11. The first-order valence-electron chi connectivity index (χ1n) is 5.89. The second kappa shape index (κ2) is 7.15. The number of carbonyl (C=O) groups is 1. The van der Waals surface area contributed by atoms with Crippen LogP contribution in [0.25, 0.3) is 0 Å². The maximum absolute atomic E-state index is 11.9. The van der Waals surface area contributed by atoms with Crippen LogP contribution in [0.2, 0.25) is 5.02 Å². The molecule has 0 saturated heterocycles. The molecule has 0 atom stereocenters. The number of nitrogen functional groups attached to an aromatic ring is 1. The van der Waals surface area contributed by atoms with Gasteiger partial charge in [0.05, 0.1) is 19.7 Å². The highest BCUT2D eigenvalue weighted by Gasteiger charge is 2.11. The summed E-state index contributed by atoms with van der Waals surface area (Å²) in [4.78, 5) is 11.9. The minimum absolute atomic E-state index is 0.146. The van der Waals surface area contributed by atoms with Gasteiger partial charge in [-0.2, -0.15) is 0 Å². The summed E-state index contributed by atoms with van der Waals surface area (Å²) in [6.45, 7) is -0.146. The molecule has 0 spiro atoms. The van der Waals surface area contributed by atoms with Gasteiger partial charge in [-0.05, 0) is 56.1 Å². The fourth-order valence-corrected chi connectivity index (χ4v) is 3.24. The number of benzene rings is 2. The van der Waals surface area contributed by atoms with Crippen molar-refractivity contribution in [1.82, 2.24) is 0 Å². The Morgan fingerprint density at radius 3 is 2.48 bits per heavy atom. The molecule has 0 saturated carbocycles. The predicted molar refractivity (Wildman–Crippen MR) is 91.8 cm³/mol. The fraction of sp³-hybridized carbons (Fsp3) is 0.0714. The molecule has 0 bridgehead atoms. The van der Waals surface area contributed by atoms with E-state index in [1.54, 1.807) is 36.4 Å². The molecule has 0 aliphatic carbocycles. The van der Waals surface area contributed by atoms with Gasteiger partial charge in [-0.25, -0.2) is 0 Å². The molecular formula is C14H11Br2ClN2O2. The first-order chi connectivity index (χ1) is 9.97. The van der Waals surface area contributed by atoms with E-state index in [-0.39, 0.29) is 12.5 Å². The maximum atomic E-state index is 11.9. The number of rotatable bonds is 4. The van der Waals surface area contributed by atoms with E-state index in [9.17, 15) is 4.79 Å². The second-order valence-electron chi connectivity index (χ2n) is 4.13. The van der Waals surface area contributed by atoms with Crippen LogP contribution < -0.4 is 15.8 Å². The Morgan fingerprint density at radius 2 is 1.86 bits per heavy atom. The van der Waals surface area contributed by atoms with E-state index in [1.165, 1.54) is 0 Å². The number of nitrogens with one attached hydrogen (secondary N) is 1. The average Bonchev–Trinajstić information content (AvgIpc) is 2.40. The normalized spacial score (nSPS) is 10.2. The topological polar surface area (TPSA) is 64.3 Å². The van der Waals surface area contributed by atoms with E-state index in [4.69, 9.17) is 22.1 Å². The quantitative estimate of drug-likeness (QED) is 0.698. The molecule has 4 nitrogen and oxygen atoms in total. The molecule has 2 aromatic carbocycles. The number of nitrogens with two attached hydrogens (primary N) is 1. The van der Waals surface area contributed by atoms with Crippen molar-refractivity contribution in [2.45, 2.75) is 0 Å². The Labute approximate surface area is 143 Å². The highest BCUT2D eigenvalue weighted by Crippen LogP contribution is 2.35. The average molecular weight is 435 g/mol. The third-order valence-electron chi connectivity index (χ3n) is 2.52. The number of anilines is 2. The first kappa shape index (κ1) is 16.1. The van der Waals surface area contributed by atoms with E-state index in [2.05, 4.69) is 37.2 Å².